The van der Waals surface area contributed by atoms with Gasteiger partial charge in [-0.15, -0.1) is 0 Å². The van der Waals surface area contributed by atoms with Crippen molar-refractivity contribution < 1.29 is 40.9 Å². The zero-order valence-electron chi connectivity index (χ0n) is 17.6. The molecule has 34 heavy (non-hydrogen) atoms. The summed E-state index contributed by atoms with van der Waals surface area (Å²) >= 11 is 0. The smallest absolute Gasteiger partial charge is 0.419 e. The van der Waals surface area contributed by atoms with E-state index in [1.807, 2.05) is 0 Å². The zero-order valence-corrected chi connectivity index (χ0v) is 17.6. The Labute approximate surface area is 189 Å². The SMILES string of the molecule is COc1cc2c(Nc3cccc(C(F)(F)F)c3F)ncnc2cc1OC1CO[C@H]2[C@H](F)CO[C@@H]12. The molecule has 1 unspecified atom stereocenters. The van der Waals surface area contributed by atoms with Gasteiger partial charge in [-0.05, 0) is 18.2 Å². The van der Waals surface area contributed by atoms with Gasteiger partial charge >= 0.3 is 6.18 Å². The van der Waals surface area contributed by atoms with Gasteiger partial charge in [-0.1, -0.05) is 6.07 Å². The van der Waals surface area contributed by atoms with Gasteiger partial charge in [0, 0.05) is 11.5 Å². The minimum Gasteiger partial charge on any atom is -0.493 e. The van der Waals surface area contributed by atoms with Crippen molar-refractivity contribution in [1.29, 1.82) is 0 Å². The number of nitrogens with one attached hydrogen (secondary N) is 1. The van der Waals surface area contributed by atoms with Gasteiger partial charge < -0.3 is 24.3 Å². The number of fused-ring (bicyclic) bond motifs is 2. The van der Waals surface area contributed by atoms with Crippen LogP contribution in [0.25, 0.3) is 10.9 Å². The van der Waals surface area contributed by atoms with Crippen molar-refractivity contribution >= 4 is 22.4 Å². The summed E-state index contributed by atoms with van der Waals surface area (Å²) in [5.74, 6) is -0.845. The summed E-state index contributed by atoms with van der Waals surface area (Å²) in [4.78, 5) is 8.22. The second kappa shape index (κ2) is 8.51. The van der Waals surface area contributed by atoms with Crippen LogP contribution < -0.4 is 14.8 Å². The maximum absolute atomic E-state index is 14.5. The number of anilines is 2. The Morgan fingerprint density at radius 1 is 1.06 bits per heavy atom. The van der Waals surface area contributed by atoms with Gasteiger partial charge in [0.05, 0.1) is 37.1 Å². The molecule has 180 valence electrons. The summed E-state index contributed by atoms with van der Waals surface area (Å²) in [6.07, 6.45) is -6.74. The molecule has 1 N–H and O–H groups in total. The average Bonchev–Trinajstić information content (AvgIpc) is 3.37. The first-order chi connectivity index (χ1) is 16.3. The Balaban J connectivity index is 1.47. The van der Waals surface area contributed by atoms with Gasteiger partial charge in [0.15, 0.2) is 29.6 Å². The molecule has 3 heterocycles. The Bertz CT molecular complexity index is 1230. The Kier molecular flexibility index (Phi) is 5.64. The van der Waals surface area contributed by atoms with Gasteiger partial charge in [-0.2, -0.15) is 13.2 Å². The summed E-state index contributed by atoms with van der Waals surface area (Å²) in [6, 6.07) is 5.97. The van der Waals surface area contributed by atoms with Crippen LogP contribution in [-0.4, -0.2) is 54.8 Å². The van der Waals surface area contributed by atoms with E-state index >= 15 is 0 Å². The Morgan fingerprint density at radius 3 is 2.62 bits per heavy atom. The highest BCUT2D eigenvalue weighted by molar-refractivity contribution is 5.93. The van der Waals surface area contributed by atoms with Crippen LogP contribution in [0, 0.1) is 5.82 Å². The highest BCUT2D eigenvalue weighted by Crippen LogP contribution is 2.39. The van der Waals surface area contributed by atoms with Crippen molar-refractivity contribution in [2.45, 2.75) is 30.7 Å². The van der Waals surface area contributed by atoms with Crippen molar-refractivity contribution in [3.05, 3.63) is 48.0 Å². The van der Waals surface area contributed by atoms with Crippen LogP contribution in [0.1, 0.15) is 5.56 Å². The average molecular weight is 483 g/mol. The van der Waals surface area contributed by atoms with Crippen molar-refractivity contribution in [2.24, 2.45) is 0 Å². The fourth-order valence-corrected chi connectivity index (χ4v) is 4.07. The maximum atomic E-state index is 14.5. The normalized spacial score (nSPS) is 24.3. The molecule has 3 aromatic rings. The molecule has 0 aliphatic carbocycles. The van der Waals surface area contributed by atoms with E-state index in [1.54, 1.807) is 6.07 Å². The van der Waals surface area contributed by atoms with E-state index in [4.69, 9.17) is 18.9 Å². The molecule has 0 spiro atoms. The lowest BCUT2D eigenvalue weighted by atomic mass is 10.1. The summed E-state index contributed by atoms with van der Waals surface area (Å²) in [5.41, 5.74) is -1.44. The number of aromatic nitrogens is 2. The lowest BCUT2D eigenvalue weighted by Gasteiger charge is -2.20. The minimum atomic E-state index is -4.85. The molecular formula is C22H18F5N3O4. The molecule has 2 aliphatic heterocycles. The first-order valence-corrected chi connectivity index (χ1v) is 10.3. The van der Waals surface area contributed by atoms with Crippen LogP contribution in [0.15, 0.2) is 36.7 Å². The number of methoxy groups -OCH3 is 1. The predicted octanol–water partition coefficient (Wildman–Crippen LogP) is 4.42. The molecule has 1 aromatic heterocycles. The number of ether oxygens (including phenoxy) is 4. The van der Waals surface area contributed by atoms with Gasteiger partial charge in [0.25, 0.3) is 0 Å². The quantitative estimate of drug-likeness (QED) is 0.539. The molecule has 0 amide bonds. The third kappa shape index (κ3) is 3.96. The Morgan fingerprint density at radius 2 is 1.85 bits per heavy atom. The molecule has 5 rings (SSSR count). The summed E-state index contributed by atoms with van der Waals surface area (Å²) in [6.45, 7) is 0.0563. The zero-order chi connectivity index (χ0) is 24.0. The molecule has 4 atom stereocenters. The van der Waals surface area contributed by atoms with Crippen LogP contribution >= 0.6 is 0 Å². The second-order valence-corrected chi connectivity index (χ2v) is 7.80. The van der Waals surface area contributed by atoms with E-state index in [-0.39, 0.29) is 30.5 Å². The number of rotatable bonds is 5. The van der Waals surface area contributed by atoms with E-state index < -0.39 is 47.7 Å². The number of benzene rings is 2. The van der Waals surface area contributed by atoms with E-state index in [0.717, 1.165) is 6.07 Å². The molecule has 12 heteroatoms. The fraction of sp³-hybridized carbons (Fsp3) is 0.364. The minimum absolute atomic E-state index is 0.0664. The van der Waals surface area contributed by atoms with Crippen molar-refractivity contribution in [3.8, 4) is 11.5 Å². The number of nitrogens with zero attached hydrogens (tertiary/aromatic N) is 2. The van der Waals surface area contributed by atoms with Crippen LogP contribution in [0.4, 0.5) is 33.5 Å². The van der Waals surface area contributed by atoms with Gasteiger partial charge in [0.2, 0.25) is 0 Å². The summed E-state index contributed by atoms with van der Waals surface area (Å²) in [5, 5.41) is 2.95. The lowest BCUT2D eigenvalue weighted by molar-refractivity contribution is -0.139. The van der Waals surface area contributed by atoms with E-state index in [0.29, 0.717) is 17.0 Å². The highest BCUT2D eigenvalue weighted by atomic mass is 19.4. The maximum Gasteiger partial charge on any atom is 0.419 e. The van der Waals surface area contributed by atoms with Crippen molar-refractivity contribution in [3.63, 3.8) is 0 Å². The number of halogens is 5. The lowest BCUT2D eigenvalue weighted by Crippen LogP contribution is -2.33. The Hall–Kier alpha value is -3.25. The fourth-order valence-electron chi connectivity index (χ4n) is 4.07. The molecule has 0 radical (unpaired) electrons. The molecule has 2 aliphatic rings. The molecular weight excluding hydrogens is 465 g/mol. The number of alkyl halides is 4. The van der Waals surface area contributed by atoms with Gasteiger partial charge in [-0.25, -0.2) is 18.7 Å². The predicted molar refractivity (Wildman–Crippen MR) is 110 cm³/mol. The highest BCUT2D eigenvalue weighted by Gasteiger charge is 2.49. The molecule has 2 saturated heterocycles. The monoisotopic (exact) mass is 483 g/mol. The first-order valence-electron chi connectivity index (χ1n) is 10.3. The summed E-state index contributed by atoms with van der Waals surface area (Å²) < 4.78 is 89.9. The van der Waals surface area contributed by atoms with E-state index in [1.165, 1.54) is 25.6 Å². The molecule has 0 bridgehead atoms. The molecule has 0 saturated carbocycles. The molecule has 2 aromatic carbocycles. The number of hydrogen-bond donors (Lipinski definition) is 1. The van der Waals surface area contributed by atoms with E-state index in [9.17, 15) is 22.0 Å². The topological polar surface area (TPSA) is 74.7 Å². The van der Waals surface area contributed by atoms with E-state index in [2.05, 4.69) is 15.3 Å². The summed E-state index contributed by atoms with van der Waals surface area (Å²) in [7, 11) is 1.40. The number of hydrogen-bond acceptors (Lipinski definition) is 7. The van der Waals surface area contributed by atoms with Crippen LogP contribution in [0.3, 0.4) is 0 Å². The van der Waals surface area contributed by atoms with Crippen LogP contribution in [-0.2, 0) is 15.7 Å². The van der Waals surface area contributed by atoms with Crippen LogP contribution in [0.2, 0.25) is 0 Å². The molecule has 2 fully saturated rings. The standard InChI is InChI=1S/C22H18F5N3O4/c1-31-15-5-10-14(6-16(15)34-17-8-33-19-12(23)7-32-20(17)19)28-9-29-21(10)30-13-4-2-3-11(18(13)24)22(25,26)27/h2-6,9,12,17,19-20H,7-8H2,1H3,(H,28,29,30)/t12-,17?,19+,20+/m1/s1. The third-order valence-corrected chi connectivity index (χ3v) is 5.70. The first kappa shape index (κ1) is 22.5. The van der Waals surface area contributed by atoms with Crippen molar-refractivity contribution in [1.82, 2.24) is 9.97 Å². The largest absolute Gasteiger partial charge is 0.493 e. The van der Waals surface area contributed by atoms with Crippen molar-refractivity contribution in [2.75, 3.05) is 25.6 Å². The van der Waals surface area contributed by atoms with Gasteiger partial charge in [0.1, 0.15) is 24.4 Å². The molecule has 7 nitrogen and oxygen atoms in total. The van der Waals surface area contributed by atoms with Gasteiger partial charge in [-0.3, -0.25) is 0 Å². The third-order valence-electron chi connectivity index (χ3n) is 5.70. The van der Waals surface area contributed by atoms with Crippen LogP contribution in [0.5, 0.6) is 11.5 Å². The second-order valence-electron chi connectivity index (χ2n) is 7.80.